The van der Waals surface area contributed by atoms with Gasteiger partial charge in [-0.05, 0) is 12.1 Å². The zero-order chi connectivity index (χ0) is 13.2. The van der Waals surface area contributed by atoms with E-state index in [0.717, 1.165) is 5.03 Å². The molecular formula is C12H16N4OS. The van der Waals surface area contributed by atoms with Gasteiger partial charge >= 0.3 is 0 Å². The average Bonchev–Trinajstić information content (AvgIpc) is 2.76. The summed E-state index contributed by atoms with van der Waals surface area (Å²) in [6.07, 6.45) is 1.72. The molecule has 18 heavy (non-hydrogen) atoms. The molecule has 0 spiro atoms. The van der Waals surface area contributed by atoms with Crippen LogP contribution in [-0.4, -0.2) is 15.2 Å². The molecule has 0 fully saturated rings. The lowest BCUT2D eigenvalue weighted by molar-refractivity contribution is 0.378. The van der Waals surface area contributed by atoms with Crippen LogP contribution in [0.4, 0.5) is 5.69 Å². The van der Waals surface area contributed by atoms with Crippen LogP contribution >= 0.6 is 11.8 Å². The normalized spacial score (nSPS) is 11.7. The number of aromatic nitrogens is 3. The molecule has 0 saturated carbocycles. The van der Waals surface area contributed by atoms with E-state index in [-0.39, 0.29) is 5.41 Å². The summed E-state index contributed by atoms with van der Waals surface area (Å²) in [7, 11) is 0. The third kappa shape index (κ3) is 3.01. The lowest BCUT2D eigenvalue weighted by Gasteiger charge is -2.10. The Morgan fingerprint density at radius 3 is 2.72 bits per heavy atom. The van der Waals surface area contributed by atoms with E-state index in [2.05, 4.69) is 15.2 Å². The average molecular weight is 264 g/mol. The van der Waals surface area contributed by atoms with Crippen molar-refractivity contribution in [2.24, 2.45) is 0 Å². The molecule has 5 nitrogen and oxygen atoms in total. The van der Waals surface area contributed by atoms with Crippen molar-refractivity contribution >= 4 is 17.4 Å². The molecule has 2 aromatic heterocycles. The first-order chi connectivity index (χ1) is 8.47. The van der Waals surface area contributed by atoms with Crippen molar-refractivity contribution in [3.05, 3.63) is 30.1 Å². The van der Waals surface area contributed by atoms with E-state index in [4.69, 9.17) is 10.2 Å². The molecule has 96 valence electrons. The van der Waals surface area contributed by atoms with Crippen LogP contribution in [-0.2, 0) is 11.2 Å². The SMILES string of the molecule is CC(C)(C)c1nnc(CSc2ncccc2N)o1. The van der Waals surface area contributed by atoms with Gasteiger partial charge in [-0.3, -0.25) is 0 Å². The minimum atomic E-state index is -0.125. The van der Waals surface area contributed by atoms with Crippen molar-refractivity contribution in [1.82, 2.24) is 15.2 Å². The zero-order valence-corrected chi connectivity index (χ0v) is 11.5. The van der Waals surface area contributed by atoms with Gasteiger partial charge in [-0.25, -0.2) is 4.98 Å². The van der Waals surface area contributed by atoms with E-state index in [9.17, 15) is 0 Å². The van der Waals surface area contributed by atoms with E-state index in [1.54, 1.807) is 6.20 Å². The summed E-state index contributed by atoms with van der Waals surface area (Å²) in [5.41, 5.74) is 6.35. The van der Waals surface area contributed by atoms with Crippen LogP contribution in [0.5, 0.6) is 0 Å². The van der Waals surface area contributed by atoms with Gasteiger partial charge in [0.2, 0.25) is 11.8 Å². The highest BCUT2D eigenvalue weighted by Gasteiger charge is 2.21. The summed E-state index contributed by atoms with van der Waals surface area (Å²) in [4.78, 5) is 4.20. The molecule has 2 heterocycles. The van der Waals surface area contributed by atoms with Crippen LogP contribution in [0.15, 0.2) is 27.8 Å². The molecule has 0 aromatic carbocycles. The standard InChI is InChI=1S/C12H16N4OS/c1-12(2,3)11-16-15-9(17-11)7-18-10-8(13)5-4-6-14-10/h4-6H,7,13H2,1-3H3. The van der Waals surface area contributed by atoms with Crippen molar-refractivity contribution in [3.63, 3.8) is 0 Å². The van der Waals surface area contributed by atoms with Crippen LogP contribution < -0.4 is 5.73 Å². The van der Waals surface area contributed by atoms with Crippen LogP contribution in [0.1, 0.15) is 32.6 Å². The molecule has 2 rings (SSSR count). The fourth-order valence-corrected chi connectivity index (χ4v) is 2.02. The summed E-state index contributed by atoms with van der Waals surface area (Å²) in [5.74, 6) is 1.81. The van der Waals surface area contributed by atoms with Crippen LogP contribution in [0.25, 0.3) is 0 Å². The van der Waals surface area contributed by atoms with Crippen molar-refractivity contribution in [1.29, 1.82) is 0 Å². The molecule has 0 radical (unpaired) electrons. The molecule has 0 amide bonds. The Hall–Kier alpha value is -1.56. The third-order valence-corrected chi connectivity index (χ3v) is 3.25. The van der Waals surface area contributed by atoms with Crippen molar-refractivity contribution in [2.75, 3.05) is 5.73 Å². The van der Waals surface area contributed by atoms with E-state index >= 15 is 0 Å². The van der Waals surface area contributed by atoms with E-state index < -0.39 is 0 Å². The van der Waals surface area contributed by atoms with Gasteiger partial charge in [-0.15, -0.1) is 10.2 Å². The maximum absolute atomic E-state index is 5.81. The van der Waals surface area contributed by atoms with Gasteiger partial charge in [0.1, 0.15) is 5.03 Å². The first-order valence-electron chi connectivity index (χ1n) is 5.63. The van der Waals surface area contributed by atoms with Crippen molar-refractivity contribution in [3.8, 4) is 0 Å². The fourth-order valence-electron chi connectivity index (χ4n) is 1.27. The second-order valence-corrected chi connectivity index (χ2v) is 5.90. The number of nitrogens with zero attached hydrogens (tertiary/aromatic N) is 3. The Balaban J connectivity index is 2.03. The predicted octanol–water partition coefficient (Wildman–Crippen LogP) is 2.64. The molecule has 0 unspecified atom stereocenters. The van der Waals surface area contributed by atoms with Crippen LogP contribution in [0.2, 0.25) is 0 Å². The Bertz CT molecular complexity index is 533. The predicted molar refractivity (Wildman–Crippen MR) is 71.2 cm³/mol. The zero-order valence-electron chi connectivity index (χ0n) is 10.7. The maximum atomic E-state index is 5.81. The van der Waals surface area contributed by atoms with Crippen LogP contribution in [0, 0.1) is 0 Å². The van der Waals surface area contributed by atoms with Crippen LogP contribution in [0.3, 0.4) is 0 Å². The van der Waals surface area contributed by atoms with Gasteiger partial charge in [0.05, 0.1) is 11.4 Å². The number of pyridine rings is 1. The molecule has 0 atom stereocenters. The Morgan fingerprint density at radius 1 is 1.33 bits per heavy atom. The first-order valence-corrected chi connectivity index (χ1v) is 6.61. The number of rotatable bonds is 3. The fraction of sp³-hybridized carbons (Fsp3) is 0.417. The minimum absolute atomic E-state index is 0.125. The van der Waals surface area contributed by atoms with E-state index in [1.165, 1.54) is 11.8 Å². The van der Waals surface area contributed by atoms with Gasteiger partial charge in [0.25, 0.3) is 0 Å². The number of anilines is 1. The number of hydrogen-bond acceptors (Lipinski definition) is 6. The monoisotopic (exact) mass is 264 g/mol. The Morgan fingerprint density at radius 2 is 2.11 bits per heavy atom. The highest BCUT2D eigenvalue weighted by molar-refractivity contribution is 7.98. The topological polar surface area (TPSA) is 77.8 Å². The Labute approximate surface area is 110 Å². The van der Waals surface area contributed by atoms with E-state index in [0.29, 0.717) is 23.2 Å². The molecule has 0 aliphatic heterocycles. The number of thioether (sulfide) groups is 1. The molecule has 2 N–H and O–H groups in total. The largest absolute Gasteiger partial charge is 0.424 e. The van der Waals surface area contributed by atoms with E-state index in [1.807, 2.05) is 32.9 Å². The maximum Gasteiger partial charge on any atom is 0.226 e. The summed E-state index contributed by atoms with van der Waals surface area (Å²) in [5, 5.41) is 8.85. The van der Waals surface area contributed by atoms with Gasteiger partial charge in [-0.2, -0.15) is 0 Å². The number of nitrogen functional groups attached to an aromatic ring is 1. The highest BCUT2D eigenvalue weighted by Crippen LogP contribution is 2.26. The summed E-state index contributed by atoms with van der Waals surface area (Å²) in [6.45, 7) is 6.11. The smallest absolute Gasteiger partial charge is 0.226 e. The molecule has 0 saturated heterocycles. The number of hydrogen-bond donors (Lipinski definition) is 1. The van der Waals surface area contributed by atoms with Gasteiger partial charge in [0, 0.05) is 11.6 Å². The summed E-state index contributed by atoms with van der Waals surface area (Å²) in [6, 6.07) is 3.63. The minimum Gasteiger partial charge on any atom is -0.424 e. The molecule has 6 heteroatoms. The quantitative estimate of drug-likeness (QED) is 0.859. The molecule has 0 aliphatic rings. The van der Waals surface area contributed by atoms with Gasteiger partial charge in [-0.1, -0.05) is 32.5 Å². The lowest BCUT2D eigenvalue weighted by Crippen LogP contribution is -2.11. The molecule has 0 bridgehead atoms. The Kier molecular flexibility index (Phi) is 3.56. The highest BCUT2D eigenvalue weighted by atomic mass is 32.2. The van der Waals surface area contributed by atoms with Crippen molar-refractivity contribution < 1.29 is 4.42 Å². The summed E-state index contributed by atoms with van der Waals surface area (Å²) < 4.78 is 5.60. The third-order valence-electron chi connectivity index (χ3n) is 2.24. The second-order valence-electron chi connectivity index (χ2n) is 4.94. The molecule has 2 aromatic rings. The molecular weight excluding hydrogens is 248 g/mol. The lowest BCUT2D eigenvalue weighted by atomic mass is 9.97. The summed E-state index contributed by atoms with van der Waals surface area (Å²) >= 11 is 1.49. The first kappa shape index (κ1) is 12.9. The number of nitrogens with two attached hydrogens (primary N) is 1. The van der Waals surface area contributed by atoms with Crippen molar-refractivity contribution in [2.45, 2.75) is 37.0 Å². The van der Waals surface area contributed by atoms with Gasteiger partial charge in [0.15, 0.2) is 0 Å². The molecule has 0 aliphatic carbocycles. The second kappa shape index (κ2) is 4.97. The van der Waals surface area contributed by atoms with Gasteiger partial charge < -0.3 is 10.2 Å².